The number of rotatable bonds is 3. The summed E-state index contributed by atoms with van der Waals surface area (Å²) in [5.41, 5.74) is 2.84. The quantitative estimate of drug-likeness (QED) is 0.870. The molecule has 0 spiro atoms. The minimum atomic E-state index is -0.856. The highest BCUT2D eigenvalue weighted by Crippen LogP contribution is 2.27. The summed E-state index contributed by atoms with van der Waals surface area (Å²) in [5, 5.41) is 11.2. The molecule has 2 rings (SSSR count). The van der Waals surface area contributed by atoms with Crippen LogP contribution in [0.1, 0.15) is 35.3 Å². The zero-order chi connectivity index (χ0) is 12.4. The lowest BCUT2D eigenvalue weighted by Crippen LogP contribution is -2.00. The van der Waals surface area contributed by atoms with Crippen molar-refractivity contribution in [3.05, 3.63) is 47.0 Å². The van der Waals surface area contributed by atoms with E-state index in [0.717, 1.165) is 23.6 Å². The molecular weight excluding hydrogens is 212 g/mol. The van der Waals surface area contributed by atoms with Crippen molar-refractivity contribution in [1.82, 2.24) is 0 Å². The van der Waals surface area contributed by atoms with Gasteiger partial charge in [0.15, 0.2) is 0 Å². The number of carboxylic acids is 1. The van der Waals surface area contributed by atoms with Crippen LogP contribution in [-0.2, 0) is 12.8 Å². The second-order valence-corrected chi connectivity index (χ2v) is 4.12. The van der Waals surface area contributed by atoms with Crippen molar-refractivity contribution < 1.29 is 9.90 Å². The maximum Gasteiger partial charge on any atom is 0.336 e. The van der Waals surface area contributed by atoms with E-state index in [-0.39, 0.29) is 0 Å². The minimum Gasteiger partial charge on any atom is -0.478 e. The average Bonchev–Trinajstić information content (AvgIpc) is 2.36. The molecule has 0 amide bonds. The van der Waals surface area contributed by atoms with Crippen molar-refractivity contribution in [1.29, 1.82) is 0 Å². The Labute approximate surface area is 101 Å². The largest absolute Gasteiger partial charge is 0.478 e. The molecular formula is C15H16O2. The molecule has 0 atom stereocenters. The maximum atomic E-state index is 11.2. The second-order valence-electron chi connectivity index (χ2n) is 4.12. The lowest BCUT2D eigenvalue weighted by atomic mass is 9.93. The Hall–Kier alpha value is -1.83. The summed E-state index contributed by atoms with van der Waals surface area (Å²) in [6.07, 6.45) is 1.85. The van der Waals surface area contributed by atoms with Gasteiger partial charge in [0.2, 0.25) is 0 Å². The van der Waals surface area contributed by atoms with Crippen LogP contribution in [0.4, 0.5) is 0 Å². The van der Waals surface area contributed by atoms with E-state index in [4.69, 9.17) is 0 Å². The van der Waals surface area contributed by atoms with Crippen LogP contribution in [0.2, 0.25) is 0 Å². The fraction of sp³-hybridized carbons (Fsp3) is 0.267. The predicted molar refractivity (Wildman–Crippen MR) is 69.7 cm³/mol. The Morgan fingerprint density at radius 1 is 1.06 bits per heavy atom. The zero-order valence-corrected chi connectivity index (χ0v) is 10.2. The van der Waals surface area contributed by atoms with Crippen LogP contribution in [0.25, 0.3) is 10.8 Å². The summed E-state index contributed by atoms with van der Waals surface area (Å²) in [6, 6.07) is 9.56. The molecule has 0 aliphatic heterocycles. The van der Waals surface area contributed by atoms with Crippen LogP contribution in [0.15, 0.2) is 30.3 Å². The summed E-state index contributed by atoms with van der Waals surface area (Å²) in [7, 11) is 0. The van der Waals surface area contributed by atoms with Gasteiger partial charge in [0.25, 0.3) is 0 Å². The first-order valence-electron chi connectivity index (χ1n) is 5.95. The SMILES string of the molecule is CCc1cccc2c(C(=O)O)ccc(CC)c12. The molecule has 2 aromatic carbocycles. The Morgan fingerprint density at radius 2 is 1.71 bits per heavy atom. The molecule has 2 heteroatoms. The van der Waals surface area contributed by atoms with Gasteiger partial charge < -0.3 is 5.11 Å². The highest BCUT2D eigenvalue weighted by atomic mass is 16.4. The van der Waals surface area contributed by atoms with Crippen LogP contribution < -0.4 is 0 Å². The molecule has 2 nitrogen and oxygen atoms in total. The van der Waals surface area contributed by atoms with Gasteiger partial charge in [-0.25, -0.2) is 4.79 Å². The Bertz CT molecular complexity index is 560. The van der Waals surface area contributed by atoms with Crippen LogP contribution in [0.3, 0.4) is 0 Å². The van der Waals surface area contributed by atoms with Crippen molar-refractivity contribution in [3.8, 4) is 0 Å². The number of carbonyl (C=O) groups is 1. The number of fused-ring (bicyclic) bond motifs is 1. The van der Waals surface area contributed by atoms with Crippen molar-refractivity contribution in [2.24, 2.45) is 0 Å². The Kier molecular flexibility index (Phi) is 3.14. The van der Waals surface area contributed by atoms with E-state index < -0.39 is 5.97 Å². The van der Waals surface area contributed by atoms with E-state index in [9.17, 15) is 9.90 Å². The van der Waals surface area contributed by atoms with Gasteiger partial charge in [-0.05, 0) is 40.8 Å². The zero-order valence-electron chi connectivity index (χ0n) is 10.2. The smallest absolute Gasteiger partial charge is 0.336 e. The van der Waals surface area contributed by atoms with Gasteiger partial charge in [0.05, 0.1) is 5.56 Å². The van der Waals surface area contributed by atoms with Crippen molar-refractivity contribution >= 4 is 16.7 Å². The first kappa shape index (κ1) is 11.6. The predicted octanol–water partition coefficient (Wildman–Crippen LogP) is 3.66. The number of hydrogen-bond donors (Lipinski definition) is 1. The number of benzene rings is 2. The average molecular weight is 228 g/mol. The highest BCUT2D eigenvalue weighted by molar-refractivity contribution is 6.05. The molecule has 0 aliphatic rings. The third-order valence-electron chi connectivity index (χ3n) is 3.21. The summed E-state index contributed by atoms with van der Waals surface area (Å²) in [6.45, 7) is 4.20. The van der Waals surface area contributed by atoms with E-state index in [2.05, 4.69) is 19.9 Å². The Morgan fingerprint density at radius 3 is 2.29 bits per heavy atom. The summed E-state index contributed by atoms with van der Waals surface area (Å²) < 4.78 is 0. The molecule has 0 radical (unpaired) electrons. The molecule has 1 N–H and O–H groups in total. The van der Waals surface area contributed by atoms with Crippen molar-refractivity contribution in [2.75, 3.05) is 0 Å². The van der Waals surface area contributed by atoms with Gasteiger partial charge in [0, 0.05) is 0 Å². The molecule has 0 fully saturated rings. The fourth-order valence-electron chi connectivity index (χ4n) is 2.34. The van der Waals surface area contributed by atoms with Crippen LogP contribution in [0.5, 0.6) is 0 Å². The van der Waals surface area contributed by atoms with Gasteiger partial charge in [-0.15, -0.1) is 0 Å². The van der Waals surface area contributed by atoms with E-state index in [1.54, 1.807) is 6.07 Å². The van der Waals surface area contributed by atoms with Gasteiger partial charge in [-0.3, -0.25) is 0 Å². The number of aryl methyl sites for hydroxylation is 2. The van der Waals surface area contributed by atoms with Gasteiger partial charge in [-0.2, -0.15) is 0 Å². The van der Waals surface area contributed by atoms with Crippen molar-refractivity contribution in [2.45, 2.75) is 26.7 Å². The lowest BCUT2D eigenvalue weighted by molar-refractivity contribution is 0.0699. The second kappa shape index (κ2) is 4.58. The van der Waals surface area contributed by atoms with Gasteiger partial charge >= 0.3 is 5.97 Å². The summed E-state index contributed by atoms with van der Waals surface area (Å²) in [5.74, 6) is -0.856. The van der Waals surface area contributed by atoms with E-state index in [1.165, 1.54) is 11.1 Å². The van der Waals surface area contributed by atoms with E-state index >= 15 is 0 Å². The van der Waals surface area contributed by atoms with Crippen molar-refractivity contribution in [3.63, 3.8) is 0 Å². The molecule has 2 aromatic rings. The van der Waals surface area contributed by atoms with Crippen LogP contribution >= 0.6 is 0 Å². The molecule has 0 heterocycles. The summed E-state index contributed by atoms with van der Waals surface area (Å²) >= 11 is 0. The van der Waals surface area contributed by atoms with Crippen LogP contribution in [-0.4, -0.2) is 11.1 Å². The number of carboxylic acid groups (broad SMARTS) is 1. The third-order valence-corrected chi connectivity index (χ3v) is 3.21. The molecule has 0 saturated heterocycles. The maximum absolute atomic E-state index is 11.2. The first-order chi connectivity index (χ1) is 8.19. The molecule has 0 aromatic heterocycles. The van der Waals surface area contributed by atoms with Gasteiger partial charge in [-0.1, -0.05) is 38.1 Å². The highest BCUT2D eigenvalue weighted by Gasteiger charge is 2.12. The van der Waals surface area contributed by atoms with E-state index in [1.807, 2.05) is 18.2 Å². The Balaban J connectivity index is 2.89. The normalized spacial score (nSPS) is 10.7. The fourth-order valence-corrected chi connectivity index (χ4v) is 2.34. The standard InChI is InChI=1S/C15H16O2/c1-3-10-6-5-7-12-13(15(16)17)9-8-11(4-2)14(10)12/h5-9H,3-4H2,1-2H3,(H,16,17). The first-order valence-corrected chi connectivity index (χ1v) is 5.95. The van der Waals surface area contributed by atoms with Crippen LogP contribution in [0, 0.1) is 0 Å². The summed E-state index contributed by atoms with van der Waals surface area (Å²) in [4.78, 5) is 11.2. The van der Waals surface area contributed by atoms with Gasteiger partial charge in [0.1, 0.15) is 0 Å². The molecule has 0 unspecified atom stereocenters. The molecule has 0 saturated carbocycles. The number of aromatic carboxylic acids is 1. The third kappa shape index (κ3) is 1.91. The molecule has 17 heavy (non-hydrogen) atoms. The topological polar surface area (TPSA) is 37.3 Å². The monoisotopic (exact) mass is 228 g/mol. The number of hydrogen-bond acceptors (Lipinski definition) is 1. The molecule has 0 bridgehead atoms. The minimum absolute atomic E-state index is 0.396. The molecule has 88 valence electrons. The van der Waals surface area contributed by atoms with E-state index in [0.29, 0.717) is 5.56 Å². The molecule has 0 aliphatic carbocycles. The lowest BCUT2D eigenvalue weighted by Gasteiger charge is -2.11.